The minimum atomic E-state index is -0.0362. The van der Waals surface area contributed by atoms with Crippen molar-refractivity contribution < 1.29 is 0 Å². The van der Waals surface area contributed by atoms with Crippen LogP contribution in [0, 0.1) is 0 Å². The second-order valence-electron chi connectivity index (χ2n) is 18.4. The van der Waals surface area contributed by atoms with E-state index in [-0.39, 0.29) is 21.7 Å². The lowest BCUT2D eigenvalue weighted by molar-refractivity contribution is 0.588. The first-order valence-electron chi connectivity index (χ1n) is 18.2. The molecule has 0 unspecified atom stereocenters. The van der Waals surface area contributed by atoms with Crippen molar-refractivity contribution in [1.82, 2.24) is 9.97 Å². The number of benzene rings is 4. The molecule has 0 radical (unpaired) electrons. The number of aromatic nitrogens is 2. The normalized spacial score (nSPS) is 13.2. The molecule has 0 spiro atoms. The molecule has 0 fully saturated rings. The van der Waals surface area contributed by atoms with Gasteiger partial charge in [0.2, 0.25) is 0 Å². The SMILES string of the molecule is CC(C)(C)c1cc(Sc2nccc3ccsc23)cc(-c2cc(-c3cc(C(C)(C)C)cc4c3[nH]c3ccc(C(C)(C)C)cc34)cc(C(C)(C)C)c2)c1. The highest BCUT2D eigenvalue weighted by molar-refractivity contribution is 7.99. The molecule has 7 rings (SSSR count). The topological polar surface area (TPSA) is 28.7 Å². The minimum Gasteiger partial charge on any atom is -0.354 e. The highest BCUT2D eigenvalue weighted by Crippen LogP contribution is 2.43. The molecule has 4 heteroatoms. The van der Waals surface area contributed by atoms with Crippen LogP contribution < -0.4 is 0 Å². The summed E-state index contributed by atoms with van der Waals surface area (Å²) in [6.45, 7) is 27.8. The largest absolute Gasteiger partial charge is 0.354 e. The second kappa shape index (κ2) is 12.4. The van der Waals surface area contributed by atoms with Gasteiger partial charge in [-0.2, -0.15) is 0 Å². The average molecular weight is 709 g/mol. The average Bonchev–Trinajstić information content (AvgIpc) is 3.67. The summed E-state index contributed by atoms with van der Waals surface area (Å²) < 4.78 is 1.25. The third-order valence-corrected chi connectivity index (χ3v) is 12.2. The lowest BCUT2D eigenvalue weighted by Gasteiger charge is -2.25. The smallest absolute Gasteiger partial charge is 0.119 e. The molecule has 0 aliphatic carbocycles. The molecule has 4 aromatic carbocycles. The molecule has 2 nitrogen and oxygen atoms in total. The molecule has 3 aromatic heterocycles. The van der Waals surface area contributed by atoms with Crippen molar-refractivity contribution in [2.45, 2.75) is 115 Å². The van der Waals surface area contributed by atoms with Crippen molar-refractivity contribution in [2.24, 2.45) is 0 Å². The van der Waals surface area contributed by atoms with Crippen LogP contribution in [-0.4, -0.2) is 9.97 Å². The Morgan fingerprint density at radius 3 is 1.80 bits per heavy atom. The van der Waals surface area contributed by atoms with Gasteiger partial charge >= 0.3 is 0 Å². The summed E-state index contributed by atoms with van der Waals surface area (Å²) in [7, 11) is 0. The Hall–Kier alpha value is -3.86. The molecular weight excluding hydrogens is 657 g/mol. The number of H-pyrrole nitrogens is 1. The number of fused-ring (bicyclic) bond motifs is 4. The quantitative estimate of drug-likeness (QED) is 0.197. The molecule has 51 heavy (non-hydrogen) atoms. The van der Waals surface area contributed by atoms with Crippen molar-refractivity contribution in [3.05, 3.63) is 113 Å². The number of rotatable bonds is 4. The molecule has 0 aliphatic heterocycles. The number of nitrogens with one attached hydrogen (secondary N) is 1. The van der Waals surface area contributed by atoms with Crippen LogP contribution in [0.15, 0.2) is 100 Å². The van der Waals surface area contributed by atoms with E-state index < -0.39 is 0 Å². The molecule has 0 saturated heterocycles. The predicted molar refractivity (Wildman–Crippen MR) is 225 cm³/mol. The first-order valence-corrected chi connectivity index (χ1v) is 19.9. The van der Waals surface area contributed by atoms with Gasteiger partial charge in [-0.15, -0.1) is 11.3 Å². The van der Waals surface area contributed by atoms with E-state index >= 15 is 0 Å². The summed E-state index contributed by atoms with van der Waals surface area (Å²) in [4.78, 5) is 9.94. The van der Waals surface area contributed by atoms with Gasteiger partial charge in [0.05, 0.1) is 10.2 Å². The zero-order chi connectivity index (χ0) is 36.7. The van der Waals surface area contributed by atoms with Crippen LogP contribution in [0.5, 0.6) is 0 Å². The van der Waals surface area contributed by atoms with Crippen LogP contribution in [0.25, 0.3) is 54.1 Å². The number of pyridine rings is 1. The molecular formula is C47H52N2S2. The number of hydrogen-bond acceptors (Lipinski definition) is 3. The Bertz CT molecular complexity index is 2430. The van der Waals surface area contributed by atoms with Crippen LogP contribution in [0.4, 0.5) is 0 Å². The summed E-state index contributed by atoms with van der Waals surface area (Å²) in [5.74, 6) is 0. The van der Waals surface area contributed by atoms with Gasteiger partial charge < -0.3 is 4.98 Å². The van der Waals surface area contributed by atoms with E-state index in [0.29, 0.717) is 0 Å². The number of hydrogen-bond donors (Lipinski definition) is 1. The fourth-order valence-electron chi connectivity index (χ4n) is 6.82. The first kappa shape index (κ1) is 35.5. The number of thiophene rings is 1. The third-order valence-electron chi connectivity index (χ3n) is 10.2. The van der Waals surface area contributed by atoms with E-state index in [9.17, 15) is 0 Å². The Morgan fingerprint density at radius 1 is 0.549 bits per heavy atom. The summed E-state index contributed by atoms with van der Waals surface area (Å²) >= 11 is 3.55. The van der Waals surface area contributed by atoms with E-state index in [4.69, 9.17) is 4.98 Å². The van der Waals surface area contributed by atoms with Gasteiger partial charge in [0.25, 0.3) is 0 Å². The first-order chi connectivity index (χ1) is 23.8. The monoisotopic (exact) mass is 708 g/mol. The van der Waals surface area contributed by atoms with Crippen LogP contribution in [-0.2, 0) is 21.7 Å². The Morgan fingerprint density at radius 2 is 1.14 bits per heavy atom. The summed E-state index contributed by atoms with van der Waals surface area (Å²) in [6.07, 6.45) is 1.94. The van der Waals surface area contributed by atoms with Gasteiger partial charge in [0.15, 0.2) is 0 Å². The van der Waals surface area contributed by atoms with Crippen molar-refractivity contribution >= 4 is 55.0 Å². The van der Waals surface area contributed by atoms with E-state index in [1.54, 1.807) is 23.1 Å². The molecule has 0 saturated carbocycles. The standard InChI is InChI=1S/C47H52N2S2/c1-44(2,3)32-13-14-40-38(25-32)39-27-35(47(10,11)12)26-37(41(39)49-40)31-19-29(20-33(22-31)45(4,5)6)30-21-34(46(7,8)9)24-36(23-30)51-43-42-28(15-17-48-43)16-18-50-42/h13-27,49H,1-12H3. The van der Waals surface area contributed by atoms with E-state index in [1.807, 2.05) is 6.20 Å². The van der Waals surface area contributed by atoms with Gasteiger partial charge in [-0.25, -0.2) is 4.98 Å². The van der Waals surface area contributed by atoms with Gasteiger partial charge in [0, 0.05) is 32.9 Å². The molecule has 262 valence electrons. The fourth-order valence-corrected chi connectivity index (χ4v) is 8.78. The van der Waals surface area contributed by atoms with Crippen LogP contribution in [0.3, 0.4) is 0 Å². The second-order valence-corrected chi connectivity index (χ2v) is 20.4. The fraction of sp³-hybridized carbons (Fsp3) is 0.340. The molecule has 7 aromatic rings. The van der Waals surface area contributed by atoms with Crippen LogP contribution in [0.2, 0.25) is 0 Å². The molecule has 0 amide bonds. The minimum absolute atomic E-state index is 0.00867. The van der Waals surface area contributed by atoms with Gasteiger partial charge in [-0.3, -0.25) is 0 Å². The Balaban J connectivity index is 1.47. The Kier molecular flexibility index (Phi) is 8.63. The lowest BCUT2D eigenvalue weighted by Crippen LogP contribution is -2.13. The van der Waals surface area contributed by atoms with E-state index in [2.05, 4.69) is 172 Å². The highest BCUT2D eigenvalue weighted by atomic mass is 32.2. The molecule has 0 atom stereocenters. The molecule has 0 aliphatic rings. The summed E-state index contributed by atoms with van der Waals surface area (Å²) in [5.41, 5.74) is 12.8. The maximum absolute atomic E-state index is 4.83. The number of aromatic amines is 1. The summed E-state index contributed by atoms with van der Waals surface area (Å²) in [5, 5.41) is 7.08. The highest BCUT2D eigenvalue weighted by Gasteiger charge is 2.24. The summed E-state index contributed by atoms with van der Waals surface area (Å²) in [6, 6.07) is 30.5. The van der Waals surface area contributed by atoms with Gasteiger partial charge in [-0.05, 0) is 126 Å². The van der Waals surface area contributed by atoms with Crippen LogP contribution >= 0.6 is 23.1 Å². The maximum atomic E-state index is 4.83. The van der Waals surface area contributed by atoms with Gasteiger partial charge in [-0.1, -0.05) is 119 Å². The van der Waals surface area contributed by atoms with E-state index in [1.165, 1.54) is 81.3 Å². The third kappa shape index (κ3) is 7.02. The zero-order valence-electron chi connectivity index (χ0n) is 32.4. The number of nitrogens with zero attached hydrogens (tertiary/aromatic N) is 1. The predicted octanol–water partition coefficient (Wildman–Crippen LogP) is 14.6. The van der Waals surface area contributed by atoms with Crippen molar-refractivity contribution in [1.29, 1.82) is 0 Å². The zero-order valence-corrected chi connectivity index (χ0v) is 34.1. The van der Waals surface area contributed by atoms with E-state index in [0.717, 1.165) is 5.03 Å². The van der Waals surface area contributed by atoms with Crippen molar-refractivity contribution in [2.75, 3.05) is 0 Å². The molecule has 0 bridgehead atoms. The van der Waals surface area contributed by atoms with Gasteiger partial charge in [0.1, 0.15) is 5.03 Å². The molecule has 3 heterocycles. The lowest BCUT2D eigenvalue weighted by atomic mass is 9.80. The van der Waals surface area contributed by atoms with Crippen molar-refractivity contribution in [3.8, 4) is 22.3 Å². The Labute approximate surface area is 313 Å². The van der Waals surface area contributed by atoms with Crippen molar-refractivity contribution in [3.63, 3.8) is 0 Å². The maximum Gasteiger partial charge on any atom is 0.119 e. The van der Waals surface area contributed by atoms with Crippen LogP contribution in [0.1, 0.15) is 105 Å². The molecule has 1 N–H and O–H groups in total.